The molecule has 4 heteroatoms. The fourth-order valence-electron chi connectivity index (χ4n) is 2.50. The molecule has 0 heterocycles. The number of ether oxygens (including phenoxy) is 2. The molecule has 0 aromatic heterocycles. The molecule has 2 rings (SSSR count). The number of benzene rings is 2. The molecule has 0 aliphatic carbocycles. The molecule has 2 aromatic carbocycles. The van der Waals surface area contributed by atoms with Crippen molar-refractivity contribution in [3.63, 3.8) is 0 Å². The monoisotopic (exact) mass is 327 g/mol. The van der Waals surface area contributed by atoms with Crippen molar-refractivity contribution in [2.75, 3.05) is 12.4 Å². The van der Waals surface area contributed by atoms with Gasteiger partial charge in [-0.2, -0.15) is 0 Å². The predicted molar refractivity (Wildman–Crippen MR) is 96.7 cm³/mol. The summed E-state index contributed by atoms with van der Waals surface area (Å²) in [6.07, 6.45) is 1.43. The standard InChI is InChI=1S/C20H25NO3/c1-5-15-8-10-19(14(3)11-15)24-13-17-9-7-16(6-2)12-18(17)21-20(22)23-4/h7-12H,5-6,13H2,1-4H3,(H,21,22). The number of rotatable bonds is 6. The van der Waals surface area contributed by atoms with Gasteiger partial charge in [0.1, 0.15) is 12.4 Å². The average molecular weight is 327 g/mol. The molecule has 0 fully saturated rings. The van der Waals surface area contributed by atoms with Crippen LogP contribution >= 0.6 is 0 Å². The van der Waals surface area contributed by atoms with Gasteiger partial charge in [0, 0.05) is 5.56 Å². The quantitative estimate of drug-likeness (QED) is 0.823. The maximum absolute atomic E-state index is 11.6. The molecule has 0 aliphatic rings. The number of nitrogens with one attached hydrogen (secondary N) is 1. The lowest BCUT2D eigenvalue weighted by atomic mass is 10.1. The zero-order valence-corrected chi connectivity index (χ0v) is 14.8. The molecule has 0 radical (unpaired) electrons. The number of hydrogen-bond donors (Lipinski definition) is 1. The Kier molecular flexibility index (Phi) is 6.24. The highest BCUT2D eigenvalue weighted by molar-refractivity contribution is 5.85. The highest BCUT2D eigenvalue weighted by Crippen LogP contribution is 2.24. The fraction of sp³-hybridized carbons (Fsp3) is 0.350. The van der Waals surface area contributed by atoms with Crippen LogP contribution in [0.25, 0.3) is 0 Å². The lowest BCUT2D eigenvalue weighted by Gasteiger charge is -2.14. The van der Waals surface area contributed by atoms with Crippen LogP contribution < -0.4 is 10.1 Å². The molecule has 0 saturated heterocycles. The van der Waals surface area contributed by atoms with Gasteiger partial charge in [-0.1, -0.05) is 38.1 Å². The van der Waals surface area contributed by atoms with E-state index in [1.54, 1.807) is 0 Å². The molecule has 0 aliphatic heterocycles. The molecule has 0 spiro atoms. The third-order valence-corrected chi connectivity index (χ3v) is 4.04. The maximum Gasteiger partial charge on any atom is 0.411 e. The van der Waals surface area contributed by atoms with Crippen LogP contribution in [-0.4, -0.2) is 13.2 Å². The fourth-order valence-corrected chi connectivity index (χ4v) is 2.50. The number of carbonyl (C=O) groups excluding carboxylic acids is 1. The van der Waals surface area contributed by atoms with Crippen molar-refractivity contribution in [3.8, 4) is 5.75 Å². The Balaban J connectivity index is 2.18. The van der Waals surface area contributed by atoms with Crippen LogP contribution in [0.1, 0.15) is 36.1 Å². The zero-order chi connectivity index (χ0) is 17.5. The zero-order valence-electron chi connectivity index (χ0n) is 14.8. The van der Waals surface area contributed by atoms with Crippen molar-refractivity contribution in [2.45, 2.75) is 40.2 Å². The molecule has 1 N–H and O–H groups in total. The van der Waals surface area contributed by atoms with Crippen LogP contribution in [0.5, 0.6) is 5.75 Å². The molecule has 4 nitrogen and oxygen atoms in total. The molecule has 0 saturated carbocycles. The van der Waals surface area contributed by atoms with Gasteiger partial charge in [-0.05, 0) is 48.6 Å². The molecule has 1 amide bonds. The number of anilines is 1. The van der Waals surface area contributed by atoms with Gasteiger partial charge in [0.25, 0.3) is 0 Å². The van der Waals surface area contributed by atoms with E-state index in [0.717, 1.165) is 41.0 Å². The molecule has 24 heavy (non-hydrogen) atoms. The van der Waals surface area contributed by atoms with E-state index in [-0.39, 0.29) is 0 Å². The van der Waals surface area contributed by atoms with Crippen LogP contribution in [0.2, 0.25) is 0 Å². The van der Waals surface area contributed by atoms with Crippen molar-refractivity contribution >= 4 is 11.8 Å². The second-order valence-electron chi connectivity index (χ2n) is 5.70. The van der Waals surface area contributed by atoms with Crippen LogP contribution in [0.15, 0.2) is 36.4 Å². The molecule has 128 valence electrons. The molecule has 0 unspecified atom stereocenters. The molecule has 0 atom stereocenters. The Labute approximate surface area is 143 Å². The second-order valence-corrected chi connectivity index (χ2v) is 5.70. The van der Waals surface area contributed by atoms with Crippen molar-refractivity contribution in [3.05, 3.63) is 58.7 Å². The summed E-state index contributed by atoms with van der Waals surface area (Å²) in [6, 6.07) is 12.2. The van der Waals surface area contributed by atoms with E-state index < -0.39 is 6.09 Å². The Morgan fingerprint density at radius 2 is 1.71 bits per heavy atom. The first-order valence-electron chi connectivity index (χ1n) is 8.26. The minimum absolute atomic E-state index is 0.385. The first kappa shape index (κ1) is 17.9. The molecular formula is C20H25NO3. The first-order valence-corrected chi connectivity index (χ1v) is 8.26. The van der Waals surface area contributed by atoms with Crippen molar-refractivity contribution in [1.29, 1.82) is 0 Å². The Hall–Kier alpha value is -2.49. The van der Waals surface area contributed by atoms with Gasteiger partial charge in [0.15, 0.2) is 0 Å². The number of amides is 1. The summed E-state index contributed by atoms with van der Waals surface area (Å²) in [6.45, 7) is 6.64. The second kappa shape index (κ2) is 8.39. The van der Waals surface area contributed by atoms with Crippen molar-refractivity contribution < 1.29 is 14.3 Å². The van der Waals surface area contributed by atoms with E-state index in [9.17, 15) is 4.79 Å². The summed E-state index contributed by atoms with van der Waals surface area (Å²) in [5, 5.41) is 2.76. The lowest BCUT2D eigenvalue weighted by molar-refractivity contribution is 0.187. The van der Waals surface area contributed by atoms with Crippen LogP contribution in [0, 0.1) is 6.92 Å². The van der Waals surface area contributed by atoms with Gasteiger partial charge in [-0.15, -0.1) is 0 Å². The molecular weight excluding hydrogens is 302 g/mol. The molecule has 0 bridgehead atoms. The van der Waals surface area contributed by atoms with E-state index in [1.807, 2.05) is 31.2 Å². The largest absolute Gasteiger partial charge is 0.489 e. The maximum atomic E-state index is 11.6. The van der Waals surface area contributed by atoms with Gasteiger partial charge in [0.2, 0.25) is 0 Å². The highest BCUT2D eigenvalue weighted by Gasteiger charge is 2.09. The summed E-state index contributed by atoms with van der Waals surface area (Å²) < 4.78 is 10.7. The van der Waals surface area contributed by atoms with E-state index in [0.29, 0.717) is 6.61 Å². The van der Waals surface area contributed by atoms with Gasteiger partial charge in [-0.3, -0.25) is 5.32 Å². The minimum Gasteiger partial charge on any atom is -0.489 e. The Bertz CT molecular complexity index is 710. The van der Waals surface area contributed by atoms with E-state index >= 15 is 0 Å². The van der Waals surface area contributed by atoms with Crippen molar-refractivity contribution in [2.24, 2.45) is 0 Å². The average Bonchev–Trinajstić information content (AvgIpc) is 2.61. The third kappa shape index (κ3) is 4.51. The van der Waals surface area contributed by atoms with E-state index in [2.05, 4.69) is 31.3 Å². The highest BCUT2D eigenvalue weighted by atomic mass is 16.5. The summed E-state index contributed by atoms with van der Waals surface area (Å²) in [7, 11) is 1.35. The van der Waals surface area contributed by atoms with Crippen LogP contribution in [0.4, 0.5) is 10.5 Å². The summed E-state index contributed by atoms with van der Waals surface area (Å²) in [4.78, 5) is 11.6. The van der Waals surface area contributed by atoms with E-state index in [1.165, 1.54) is 12.7 Å². The SMILES string of the molecule is CCc1ccc(OCc2ccc(CC)cc2NC(=O)OC)c(C)c1. The predicted octanol–water partition coefficient (Wildman–Crippen LogP) is 4.88. The Morgan fingerprint density at radius 3 is 2.33 bits per heavy atom. The van der Waals surface area contributed by atoms with Crippen LogP contribution in [0.3, 0.4) is 0 Å². The van der Waals surface area contributed by atoms with Gasteiger partial charge in [-0.25, -0.2) is 4.79 Å². The smallest absolute Gasteiger partial charge is 0.411 e. The van der Waals surface area contributed by atoms with Crippen molar-refractivity contribution in [1.82, 2.24) is 0 Å². The third-order valence-electron chi connectivity index (χ3n) is 4.04. The van der Waals surface area contributed by atoms with Gasteiger partial charge in [0.05, 0.1) is 12.8 Å². The molecule has 2 aromatic rings. The number of aryl methyl sites for hydroxylation is 3. The van der Waals surface area contributed by atoms with Crippen LogP contribution in [-0.2, 0) is 24.2 Å². The summed E-state index contributed by atoms with van der Waals surface area (Å²) >= 11 is 0. The first-order chi connectivity index (χ1) is 11.6. The van der Waals surface area contributed by atoms with Gasteiger partial charge < -0.3 is 9.47 Å². The topological polar surface area (TPSA) is 47.6 Å². The summed E-state index contributed by atoms with van der Waals surface area (Å²) in [5.41, 5.74) is 5.19. The normalized spacial score (nSPS) is 10.3. The number of hydrogen-bond acceptors (Lipinski definition) is 3. The lowest BCUT2D eigenvalue weighted by Crippen LogP contribution is -2.13. The number of methoxy groups -OCH3 is 1. The van der Waals surface area contributed by atoms with Gasteiger partial charge >= 0.3 is 6.09 Å². The minimum atomic E-state index is -0.479. The summed E-state index contributed by atoms with van der Waals surface area (Å²) in [5.74, 6) is 0.857. The Morgan fingerprint density at radius 1 is 1.04 bits per heavy atom. The van der Waals surface area contributed by atoms with E-state index in [4.69, 9.17) is 9.47 Å². The number of carbonyl (C=O) groups is 1.